The monoisotopic (exact) mass is 249 g/mol. The van der Waals surface area contributed by atoms with Crippen molar-refractivity contribution in [1.29, 1.82) is 0 Å². The van der Waals surface area contributed by atoms with Gasteiger partial charge in [-0.15, -0.1) is 0 Å². The molecule has 0 saturated carbocycles. The van der Waals surface area contributed by atoms with E-state index < -0.39 is 17.3 Å². The third-order valence-electron chi connectivity index (χ3n) is 2.72. The number of aromatic amines is 1. The number of esters is 1. The molecule has 4 nitrogen and oxygen atoms in total. The second-order valence-electron chi connectivity index (χ2n) is 3.86. The molecular formula is C13H12FNO3. The number of aromatic nitrogens is 1. The summed E-state index contributed by atoms with van der Waals surface area (Å²) in [7, 11) is 0. The summed E-state index contributed by atoms with van der Waals surface area (Å²) in [5.74, 6) is -1.12. The first-order valence-electron chi connectivity index (χ1n) is 5.54. The van der Waals surface area contributed by atoms with Crippen molar-refractivity contribution < 1.29 is 13.9 Å². The molecule has 0 radical (unpaired) electrons. The summed E-state index contributed by atoms with van der Waals surface area (Å²) < 4.78 is 18.0. The molecule has 0 amide bonds. The topological polar surface area (TPSA) is 59.2 Å². The summed E-state index contributed by atoms with van der Waals surface area (Å²) in [6.45, 7) is 3.43. The van der Waals surface area contributed by atoms with Gasteiger partial charge in [0.05, 0.1) is 6.61 Å². The normalized spacial score (nSPS) is 10.6. The van der Waals surface area contributed by atoms with Gasteiger partial charge < -0.3 is 9.72 Å². The van der Waals surface area contributed by atoms with E-state index in [0.717, 1.165) is 0 Å². The Labute approximate surface area is 102 Å². The van der Waals surface area contributed by atoms with Gasteiger partial charge in [0.1, 0.15) is 11.4 Å². The summed E-state index contributed by atoms with van der Waals surface area (Å²) in [4.78, 5) is 26.0. The van der Waals surface area contributed by atoms with Crippen LogP contribution in [0, 0.1) is 12.7 Å². The number of pyridine rings is 1. The molecule has 0 aliphatic rings. The number of H-pyrrole nitrogens is 1. The van der Waals surface area contributed by atoms with Gasteiger partial charge in [0.25, 0.3) is 5.56 Å². The Morgan fingerprint density at radius 2 is 2.17 bits per heavy atom. The number of aryl methyl sites for hydroxylation is 1. The number of carbonyl (C=O) groups excluding carboxylic acids is 1. The highest BCUT2D eigenvalue weighted by Gasteiger charge is 2.17. The number of rotatable bonds is 2. The number of nitrogens with one attached hydrogen (secondary N) is 1. The molecule has 18 heavy (non-hydrogen) atoms. The van der Waals surface area contributed by atoms with Crippen LogP contribution in [0.25, 0.3) is 10.9 Å². The SMILES string of the molecule is CCOC(=O)c1c(C)c2cc(F)ccc2[nH]c1=O. The maximum absolute atomic E-state index is 13.2. The molecule has 0 saturated heterocycles. The fourth-order valence-corrected chi connectivity index (χ4v) is 1.87. The van der Waals surface area contributed by atoms with Crippen molar-refractivity contribution in [2.24, 2.45) is 0 Å². The molecule has 5 heteroatoms. The Kier molecular flexibility index (Phi) is 3.14. The van der Waals surface area contributed by atoms with Crippen LogP contribution >= 0.6 is 0 Å². The van der Waals surface area contributed by atoms with Crippen molar-refractivity contribution in [3.63, 3.8) is 0 Å². The standard InChI is InChI=1S/C13H12FNO3/c1-3-18-13(17)11-7(2)9-6-8(14)4-5-10(9)15-12(11)16/h4-6H,3H2,1-2H3,(H,15,16). The number of halogens is 1. The minimum Gasteiger partial charge on any atom is -0.462 e. The van der Waals surface area contributed by atoms with Crippen molar-refractivity contribution in [2.75, 3.05) is 6.61 Å². The molecule has 0 fully saturated rings. The molecule has 1 aromatic heterocycles. The van der Waals surface area contributed by atoms with Crippen LogP contribution in [0.1, 0.15) is 22.8 Å². The molecule has 0 bridgehead atoms. The zero-order valence-electron chi connectivity index (χ0n) is 10.0. The van der Waals surface area contributed by atoms with Crippen molar-refractivity contribution in [2.45, 2.75) is 13.8 Å². The number of benzene rings is 1. The Morgan fingerprint density at radius 3 is 2.83 bits per heavy atom. The van der Waals surface area contributed by atoms with Crippen LogP contribution in [-0.2, 0) is 4.74 Å². The second-order valence-corrected chi connectivity index (χ2v) is 3.86. The fraction of sp³-hybridized carbons (Fsp3) is 0.231. The van der Waals surface area contributed by atoms with Gasteiger partial charge in [0, 0.05) is 10.9 Å². The van der Waals surface area contributed by atoms with E-state index in [1.165, 1.54) is 18.2 Å². The van der Waals surface area contributed by atoms with Gasteiger partial charge in [-0.05, 0) is 37.6 Å². The lowest BCUT2D eigenvalue weighted by Crippen LogP contribution is -2.21. The number of fused-ring (bicyclic) bond motifs is 1. The molecule has 1 heterocycles. The quantitative estimate of drug-likeness (QED) is 0.829. The van der Waals surface area contributed by atoms with Gasteiger partial charge in [0.2, 0.25) is 0 Å². The highest BCUT2D eigenvalue weighted by atomic mass is 19.1. The molecule has 1 aromatic carbocycles. The lowest BCUT2D eigenvalue weighted by molar-refractivity contribution is 0.0523. The average molecular weight is 249 g/mol. The smallest absolute Gasteiger partial charge is 0.344 e. The van der Waals surface area contributed by atoms with Crippen LogP contribution in [0.15, 0.2) is 23.0 Å². The van der Waals surface area contributed by atoms with Crippen LogP contribution in [0.5, 0.6) is 0 Å². The third kappa shape index (κ3) is 1.99. The molecular weight excluding hydrogens is 237 g/mol. The van der Waals surface area contributed by atoms with Crippen LogP contribution in [-0.4, -0.2) is 17.6 Å². The summed E-state index contributed by atoms with van der Waals surface area (Å²) >= 11 is 0. The van der Waals surface area contributed by atoms with Gasteiger partial charge in [-0.25, -0.2) is 9.18 Å². The van der Waals surface area contributed by atoms with Crippen molar-refractivity contribution in [1.82, 2.24) is 4.98 Å². The largest absolute Gasteiger partial charge is 0.462 e. The van der Waals surface area contributed by atoms with Gasteiger partial charge in [-0.2, -0.15) is 0 Å². The van der Waals surface area contributed by atoms with Crippen LogP contribution < -0.4 is 5.56 Å². The Morgan fingerprint density at radius 1 is 1.44 bits per heavy atom. The van der Waals surface area contributed by atoms with E-state index >= 15 is 0 Å². The molecule has 0 aliphatic heterocycles. The van der Waals surface area contributed by atoms with Crippen molar-refractivity contribution >= 4 is 16.9 Å². The van der Waals surface area contributed by atoms with E-state index in [-0.39, 0.29) is 12.2 Å². The van der Waals surface area contributed by atoms with Gasteiger partial charge in [0.15, 0.2) is 0 Å². The fourth-order valence-electron chi connectivity index (χ4n) is 1.87. The van der Waals surface area contributed by atoms with E-state index in [1.54, 1.807) is 13.8 Å². The predicted octanol–water partition coefficient (Wildman–Crippen LogP) is 2.15. The van der Waals surface area contributed by atoms with Crippen LogP contribution in [0.2, 0.25) is 0 Å². The molecule has 2 rings (SSSR count). The molecule has 0 atom stereocenters. The third-order valence-corrected chi connectivity index (χ3v) is 2.72. The van der Waals surface area contributed by atoms with Crippen LogP contribution in [0.4, 0.5) is 4.39 Å². The maximum atomic E-state index is 13.2. The molecule has 1 N–H and O–H groups in total. The highest BCUT2D eigenvalue weighted by Crippen LogP contribution is 2.19. The number of hydrogen-bond donors (Lipinski definition) is 1. The summed E-state index contributed by atoms with van der Waals surface area (Å²) in [5.41, 5.74) is 0.318. The first-order valence-corrected chi connectivity index (χ1v) is 5.54. The zero-order chi connectivity index (χ0) is 13.3. The highest BCUT2D eigenvalue weighted by molar-refractivity contribution is 5.96. The minimum atomic E-state index is -0.692. The summed E-state index contributed by atoms with van der Waals surface area (Å²) in [6, 6.07) is 4.00. The van der Waals surface area contributed by atoms with E-state index in [2.05, 4.69) is 4.98 Å². The number of ether oxygens (including phenoxy) is 1. The van der Waals surface area contributed by atoms with E-state index in [0.29, 0.717) is 16.5 Å². The van der Waals surface area contributed by atoms with Crippen LogP contribution in [0.3, 0.4) is 0 Å². The molecule has 0 unspecified atom stereocenters. The van der Waals surface area contributed by atoms with Gasteiger partial charge in [-0.3, -0.25) is 4.79 Å². The Hall–Kier alpha value is -2.17. The van der Waals surface area contributed by atoms with Crippen molar-refractivity contribution in [3.8, 4) is 0 Å². The second kappa shape index (κ2) is 4.60. The first-order chi connectivity index (χ1) is 8.54. The molecule has 94 valence electrons. The zero-order valence-corrected chi connectivity index (χ0v) is 10.0. The Balaban J connectivity index is 2.75. The number of carbonyl (C=O) groups is 1. The molecule has 2 aromatic rings. The predicted molar refractivity (Wildman–Crippen MR) is 65.2 cm³/mol. The lowest BCUT2D eigenvalue weighted by atomic mass is 10.0. The van der Waals surface area contributed by atoms with Gasteiger partial charge >= 0.3 is 5.97 Å². The molecule has 0 spiro atoms. The van der Waals surface area contributed by atoms with Gasteiger partial charge in [-0.1, -0.05) is 0 Å². The minimum absolute atomic E-state index is 0.0741. The number of hydrogen-bond acceptors (Lipinski definition) is 3. The average Bonchev–Trinajstić information content (AvgIpc) is 2.31. The Bertz CT molecular complexity index is 676. The summed E-state index contributed by atoms with van der Waals surface area (Å²) in [5, 5.41) is 0.498. The van der Waals surface area contributed by atoms with E-state index in [9.17, 15) is 14.0 Å². The maximum Gasteiger partial charge on any atom is 0.344 e. The van der Waals surface area contributed by atoms with E-state index in [4.69, 9.17) is 4.74 Å². The molecule has 0 aliphatic carbocycles. The van der Waals surface area contributed by atoms with E-state index in [1.807, 2.05) is 0 Å². The first kappa shape index (κ1) is 12.3. The lowest BCUT2D eigenvalue weighted by Gasteiger charge is -2.08. The summed E-state index contributed by atoms with van der Waals surface area (Å²) in [6.07, 6.45) is 0. The van der Waals surface area contributed by atoms with Crippen molar-refractivity contribution in [3.05, 3.63) is 45.5 Å².